The van der Waals surface area contributed by atoms with Crippen molar-refractivity contribution in [3.05, 3.63) is 70.5 Å². The Morgan fingerprint density at radius 2 is 1.84 bits per heavy atom. The van der Waals surface area contributed by atoms with Crippen molar-refractivity contribution in [2.45, 2.75) is 0 Å². The van der Waals surface area contributed by atoms with E-state index in [0.717, 1.165) is 0 Å². The Morgan fingerprint density at radius 3 is 2.47 bits per heavy atom. The van der Waals surface area contributed by atoms with Gasteiger partial charge in [0, 0.05) is 10.6 Å². The van der Waals surface area contributed by atoms with Crippen molar-refractivity contribution in [1.29, 1.82) is 0 Å². The molecule has 0 aliphatic carbocycles. The van der Waals surface area contributed by atoms with Crippen molar-refractivity contribution in [1.82, 2.24) is 0 Å². The van der Waals surface area contributed by atoms with Gasteiger partial charge in [0.05, 0.1) is 5.57 Å². The molecule has 0 aliphatic rings. The van der Waals surface area contributed by atoms with Crippen LogP contribution in [-0.4, -0.2) is 11.1 Å². The Morgan fingerprint density at radius 1 is 1.16 bits per heavy atom. The van der Waals surface area contributed by atoms with Crippen LogP contribution in [0.5, 0.6) is 0 Å². The highest BCUT2D eigenvalue weighted by Gasteiger charge is 2.11. The van der Waals surface area contributed by atoms with Gasteiger partial charge in [-0.3, -0.25) is 0 Å². The predicted molar refractivity (Wildman–Crippen MR) is 73.4 cm³/mol. The minimum atomic E-state index is -1.12. The molecule has 0 radical (unpaired) electrons. The first kappa shape index (κ1) is 13.3. The maximum absolute atomic E-state index is 13.6. The van der Waals surface area contributed by atoms with Gasteiger partial charge in [-0.15, -0.1) is 0 Å². The average molecular weight is 277 g/mol. The minimum absolute atomic E-state index is 0.0155. The van der Waals surface area contributed by atoms with E-state index in [-0.39, 0.29) is 11.1 Å². The van der Waals surface area contributed by atoms with Crippen LogP contribution in [0.4, 0.5) is 4.39 Å². The largest absolute Gasteiger partial charge is 0.478 e. The van der Waals surface area contributed by atoms with E-state index < -0.39 is 11.8 Å². The molecule has 96 valence electrons. The number of rotatable bonds is 3. The molecule has 1 N–H and O–H groups in total. The SMILES string of the molecule is O=C(O)/C(=C/c1cc(Cl)ccc1F)c1ccccc1. The molecule has 19 heavy (non-hydrogen) atoms. The highest BCUT2D eigenvalue weighted by atomic mass is 35.5. The van der Waals surface area contributed by atoms with Gasteiger partial charge in [-0.05, 0) is 29.8 Å². The number of aliphatic carboxylic acids is 1. The maximum atomic E-state index is 13.6. The van der Waals surface area contributed by atoms with E-state index in [1.165, 1.54) is 24.3 Å². The van der Waals surface area contributed by atoms with E-state index in [1.54, 1.807) is 30.3 Å². The lowest BCUT2D eigenvalue weighted by Crippen LogP contribution is -1.99. The molecule has 0 heterocycles. The molecule has 2 rings (SSSR count). The van der Waals surface area contributed by atoms with Crippen molar-refractivity contribution in [3.8, 4) is 0 Å². The number of hydrogen-bond acceptors (Lipinski definition) is 1. The molecule has 0 saturated heterocycles. The molecule has 2 aromatic carbocycles. The molecule has 0 saturated carbocycles. The van der Waals surface area contributed by atoms with Gasteiger partial charge in [-0.25, -0.2) is 9.18 Å². The van der Waals surface area contributed by atoms with Crippen molar-refractivity contribution < 1.29 is 14.3 Å². The number of carbonyl (C=O) groups is 1. The van der Waals surface area contributed by atoms with Gasteiger partial charge < -0.3 is 5.11 Å². The molecule has 0 atom stereocenters. The van der Waals surface area contributed by atoms with Gasteiger partial charge in [0.2, 0.25) is 0 Å². The number of benzene rings is 2. The molecular weight excluding hydrogens is 267 g/mol. The summed E-state index contributed by atoms with van der Waals surface area (Å²) in [4.78, 5) is 11.3. The second-order valence-electron chi connectivity index (χ2n) is 3.90. The summed E-state index contributed by atoms with van der Waals surface area (Å²) in [6, 6.07) is 12.5. The Hall–Kier alpha value is -2.13. The number of halogens is 2. The standard InChI is InChI=1S/C15H10ClFO2/c16-12-6-7-14(17)11(8-12)9-13(15(18)19)10-4-2-1-3-5-10/h1-9H,(H,18,19)/b13-9+. The fraction of sp³-hybridized carbons (Fsp3) is 0. The smallest absolute Gasteiger partial charge is 0.336 e. The first-order valence-corrected chi connectivity index (χ1v) is 5.91. The number of carboxylic acid groups (broad SMARTS) is 1. The fourth-order valence-corrected chi connectivity index (χ4v) is 1.85. The van der Waals surface area contributed by atoms with Crippen molar-refractivity contribution in [2.75, 3.05) is 0 Å². The molecule has 0 aromatic heterocycles. The zero-order chi connectivity index (χ0) is 13.8. The molecule has 0 bridgehead atoms. The monoisotopic (exact) mass is 276 g/mol. The summed E-state index contributed by atoms with van der Waals surface area (Å²) >= 11 is 5.78. The van der Waals surface area contributed by atoms with E-state index in [9.17, 15) is 14.3 Å². The average Bonchev–Trinajstić information content (AvgIpc) is 2.40. The van der Waals surface area contributed by atoms with Crippen molar-refractivity contribution in [2.24, 2.45) is 0 Å². The lowest BCUT2D eigenvalue weighted by molar-refractivity contribution is -0.130. The molecule has 2 nitrogen and oxygen atoms in total. The van der Waals surface area contributed by atoms with Crippen LogP contribution in [0.1, 0.15) is 11.1 Å². The zero-order valence-corrected chi connectivity index (χ0v) is 10.6. The third-order valence-corrected chi connectivity index (χ3v) is 2.81. The van der Waals surface area contributed by atoms with Crippen molar-refractivity contribution in [3.63, 3.8) is 0 Å². The first-order valence-electron chi connectivity index (χ1n) is 5.53. The predicted octanol–water partition coefficient (Wildman–Crippen LogP) is 4.10. The molecular formula is C15H10ClFO2. The summed E-state index contributed by atoms with van der Waals surface area (Å²) in [5.74, 6) is -1.63. The van der Waals surface area contributed by atoms with E-state index >= 15 is 0 Å². The second-order valence-corrected chi connectivity index (χ2v) is 4.33. The van der Waals surface area contributed by atoms with E-state index in [2.05, 4.69) is 0 Å². The second kappa shape index (κ2) is 5.67. The summed E-state index contributed by atoms with van der Waals surface area (Å²) in [5.41, 5.74) is 0.671. The van der Waals surface area contributed by atoms with Crippen LogP contribution in [-0.2, 0) is 4.79 Å². The number of hydrogen-bond donors (Lipinski definition) is 1. The molecule has 0 amide bonds. The zero-order valence-electron chi connectivity index (χ0n) is 9.81. The highest BCUT2D eigenvalue weighted by molar-refractivity contribution is 6.30. The Kier molecular flexibility index (Phi) is 3.97. The van der Waals surface area contributed by atoms with Gasteiger partial charge in [-0.1, -0.05) is 41.9 Å². The van der Waals surface area contributed by atoms with Gasteiger partial charge in [0.15, 0.2) is 0 Å². The minimum Gasteiger partial charge on any atom is -0.478 e. The van der Waals surface area contributed by atoms with Crippen LogP contribution in [0, 0.1) is 5.82 Å². The Labute approximate surface area is 114 Å². The van der Waals surface area contributed by atoms with Crippen molar-refractivity contribution >= 4 is 29.2 Å². The van der Waals surface area contributed by atoms with Gasteiger partial charge in [0.25, 0.3) is 0 Å². The quantitative estimate of drug-likeness (QED) is 0.677. The van der Waals surface area contributed by atoms with Crippen LogP contribution in [0.15, 0.2) is 48.5 Å². The summed E-state index contributed by atoms with van der Waals surface area (Å²) < 4.78 is 13.6. The van der Waals surface area contributed by atoms with Crippen LogP contribution in [0.3, 0.4) is 0 Å². The molecule has 0 unspecified atom stereocenters. The lowest BCUT2D eigenvalue weighted by atomic mass is 10.0. The van der Waals surface area contributed by atoms with Gasteiger partial charge >= 0.3 is 5.97 Å². The Bertz CT molecular complexity index is 636. The third-order valence-electron chi connectivity index (χ3n) is 2.57. The number of carboxylic acids is 1. The van der Waals surface area contributed by atoms with E-state index in [4.69, 9.17) is 11.6 Å². The molecule has 0 fully saturated rings. The topological polar surface area (TPSA) is 37.3 Å². The van der Waals surface area contributed by atoms with Crippen LogP contribution >= 0.6 is 11.6 Å². The molecule has 2 aromatic rings. The Balaban J connectivity index is 2.54. The molecule has 0 aliphatic heterocycles. The van der Waals surface area contributed by atoms with E-state index in [1.807, 2.05) is 0 Å². The normalized spacial score (nSPS) is 11.4. The first-order chi connectivity index (χ1) is 9.08. The van der Waals surface area contributed by atoms with Crippen LogP contribution < -0.4 is 0 Å². The molecule has 4 heteroatoms. The fourth-order valence-electron chi connectivity index (χ4n) is 1.67. The third kappa shape index (κ3) is 3.20. The summed E-state index contributed by atoms with van der Waals surface area (Å²) in [6.07, 6.45) is 1.28. The lowest BCUT2D eigenvalue weighted by Gasteiger charge is -2.04. The molecule has 0 spiro atoms. The maximum Gasteiger partial charge on any atom is 0.336 e. The van der Waals surface area contributed by atoms with Gasteiger partial charge in [0.1, 0.15) is 5.82 Å². The summed E-state index contributed by atoms with van der Waals surface area (Å²) in [6.45, 7) is 0. The summed E-state index contributed by atoms with van der Waals surface area (Å²) in [5, 5.41) is 9.58. The van der Waals surface area contributed by atoms with Crippen LogP contribution in [0.2, 0.25) is 5.02 Å². The van der Waals surface area contributed by atoms with Crippen LogP contribution in [0.25, 0.3) is 11.6 Å². The van der Waals surface area contributed by atoms with Gasteiger partial charge in [-0.2, -0.15) is 0 Å². The summed E-state index contributed by atoms with van der Waals surface area (Å²) in [7, 11) is 0. The van der Waals surface area contributed by atoms with E-state index in [0.29, 0.717) is 10.6 Å². The highest BCUT2D eigenvalue weighted by Crippen LogP contribution is 2.22.